The van der Waals surface area contributed by atoms with Crippen molar-refractivity contribution in [1.82, 2.24) is 5.32 Å². The predicted molar refractivity (Wildman–Crippen MR) is 144 cm³/mol. The molecule has 9 nitrogen and oxygen atoms in total. The maximum absolute atomic E-state index is 14.9. The molecule has 0 spiro atoms. The minimum absolute atomic E-state index is 0.0481. The van der Waals surface area contributed by atoms with Gasteiger partial charge in [0.1, 0.15) is 5.75 Å². The van der Waals surface area contributed by atoms with Crippen LogP contribution in [0.2, 0.25) is 0 Å². The Morgan fingerprint density at radius 2 is 1.64 bits per heavy atom. The van der Waals surface area contributed by atoms with Gasteiger partial charge in [-0.05, 0) is 75.0 Å². The van der Waals surface area contributed by atoms with Gasteiger partial charge in [0, 0.05) is 12.1 Å². The zero-order valence-corrected chi connectivity index (χ0v) is 23.6. The van der Waals surface area contributed by atoms with Crippen molar-refractivity contribution in [3.8, 4) is 17.2 Å². The lowest BCUT2D eigenvalue weighted by atomic mass is 9.83. The third-order valence-electron chi connectivity index (χ3n) is 8.78. The summed E-state index contributed by atoms with van der Waals surface area (Å²) in [6.45, 7) is 0. The second-order valence-corrected chi connectivity index (χ2v) is 11.4. The van der Waals surface area contributed by atoms with Gasteiger partial charge in [0.2, 0.25) is 5.91 Å². The molecule has 0 heterocycles. The van der Waals surface area contributed by atoms with E-state index in [0.29, 0.717) is 38.5 Å². The molecule has 5 rings (SSSR count). The summed E-state index contributed by atoms with van der Waals surface area (Å²) in [5.74, 6) is -7.29. The molecule has 3 fully saturated rings. The van der Waals surface area contributed by atoms with E-state index in [0.717, 1.165) is 30.7 Å². The van der Waals surface area contributed by atoms with Gasteiger partial charge in [-0.3, -0.25) is 14.4 Å². The fourth-order valence-corrected chi connectivity index (χ4v) is 6.71. The second kappa shape index (κ2) is 12.5. The summed E-state index contributed by atoms with van der Waals surface area (Å²) >= 11 is 0. The Balaban J connectivity index is 1.32. The minimum atomic E-state index is -5.13. The van der Waals surface area contributed by atoms with Crippen LogP contribution in [-0.2, 0) is 9.59 Å². The smallest absolute Gasteiger partial charge is 0.496 e. The molecule has 14 heteroatoms. The molecule has 4 atom stereocenters. The number of carbonyl (C=O) groups is 3. The fraction of sp³-hybridized carbons (Fsp3) is 0.500. The van der Waals surface area contributed by atoms with Crippen LogP contribution in [0.15, 0.2) is 30.3 Å². The van der Waals surface area contributed by atoms with Gasteiger partial charge in [0.05, 0.1) is 36.3 Å². The molecule has 238 valence electrons. The van der Waals surface area contributed by atoms with Crippen molar-refractivity contribution in [2.24, 2.45) is 23.7 Å². The highest BCUT2D eigenvalue weighted by molar-refractivity contribution is 5.99. The average Bonchev–Trinajstić information content (AvgIpc) is 3.57. The van der Waals surface area contributed by atoms with E-state index in [-0.39, 0.29) is 28.9 Å². The highest BCUT2D eigenvalue weighted by Gasteiger charge is 2.51. The van der Waals surface area contributed by atoms with Crippen LogP contribution in [0.5, 0.6) is 17.2 Å². The van der Waals surface area contributed by atoms with Gasteiger partial charge in [-0.15, -0.1) is 13.2 Å². The van der Waals surface area contributed by atoms with Crippen LogP contribution in [0.3, 0.4) is 0 Å². The summed E-state index contributed by atoms with van der Waals surface area (Å²) in [6.07, 6.45) is -2.01. The molecule has 0 radical (unpaired) electrons. The van der Waals surface area contributed by atoms with E-state index in [1.165, 1.54) is 13.2 Å². The summed E-state index contributed by atoms with van der Waals surface area (Å²) in [7, 11) is 1.26. The quantitative estimate of drug-likeness (QED) is 0.306. The summed E-state index contributed by atoms with van der Waals surface area (Å²) in [4.78, 5) is 38.1. The Morgan fingerprint density at radius 1 is 0.932 bits per heavy atom. The summed E-state index contributed by atoms with van der Waals surface area (Å²) in [6, 6.07) is 4.53. The molecule has 0 aromatic heterocycles. The molecular weight excluding hydrogens is 595 g/mol. The molecule has 3 aliphatic carbocycles. The Labute approximate surface area is 249 Å². The van der Waals surface area contributed by atoms with E-state index in [2.05, 4.69) is 15.4 Å². The number of benzene rings is 2. The van der Waals surface area contributed by atoms with Crippen LogP contribution in [0.4, 0.5) is 27.6 Å². The molecule has 3 saturated carbocycles. The Hall–Kier alpha value is -4.10. The van der Waals surface area contributed by atoms with Crippen molar-refractivity contribution in [2.45, 2.75) is 63.5 Å². The first-order valence-corrected chi connectivity index (χ1v) is 14.3. The zero-order chi connectivity index (χ0) is 31.8. The molecule has 3 N–H and O–H groups in total. The molecule has 2 amide bonds. The van der Waals surface area contributed by atoms with Crippen LogP contribution >= 0.6 is 0 Å². The number of carboxylic acids is 1. The number of alkyl halides is 3. The molecule has 2 aromatic carbocycles. The summed E-state index contributed by atoms with van der Waals surface area (Å²) in [5.41, 5.74) is -0.544. The molecule has 44 heavy (non-hydrogen) atoms. The molecule has 0 unspecified atom stereocenters. The van der Waals surface area contributed by atoms with E-state index in [1.54, 1.807) is 0 Å². The maximum Gasteiger partial charge on any atom is 0.573 e. The number of halogens is 5. The number of nitrogens with one attached hydrogen (secondary N) is 2. The Morgan fingerprint density at radius 3 is 2.30 bits per heavy atom. The zero-order valence-electron chi connectivity index (χ0n) is 23.6. The van der Waals surface area contributed by atoms with E-state index in [9.17, 15) is 41.4 Å². The number of carboxylic acid groups (broad SMARTS) is 1. The summed E-state index contributed by atoms with van der Waals surface area (Å²) < 4.78 is 82.4. The predicted octanol–water partition coefficient (Wildman–Crippen LogP) is 5.68. The van der Waals surface area contributed by atoms with Crippen LogP contribution in [0, 0.1) is 35.3 Å². The maximum atomic E-state index is 14.9. The molecular formula is C30H31F5N2O7. The van der Waals surface area contributed by atoms with Gasteiger partial charge in [0.25, 0.3) is 5.91 Å². The van der Waals surface area contributed by atoms with Crippen molar-refractivity contribution < 1.29 is 55.7 Å². The number of hydrogen-bond acceptors (Lipinski definition) is 6. The average molecular weight is 627 g/mol. The largest absolute Gasteiger partial charge is 0.573 e. The number of anilines is 1. The molecule has 0 saturated heterocycles. The topological polar surface area (TPSA) is 123 Å². The molecule has 3 aliphatic rings. The number of rotatable bonds is 9. The SMILES string of the molecule is COc1cc(F)c(O[C@H]2CC[C@@H](C(=O)O)CC2)cc1C(=O)N[C@@H]1[C@H]2CC[C@H](C2)[C@@H]1C(=O)Nc1cccc(OC(F)(F)F)c1F. The van der Waals surface area contributed by atoms with Gasteiger partial charge < -0.3 is 30.0 Å². The number of hydrogen-bond donors (Lipinski definition) is 3. The monoisotopic (exact) mass is 626 g/mol. The van der Waals surface area contributed by atoms with E-state index in [1.807, 2.05) is 0 Å². The highest BCUT2D eigenvalue weighted by atomic mass is 19.4. The van der Waals surface area contributed by atoms with Gasteiger partial charge in [-0.2, -0.15) is 0 Å². The van der Waals surface area contributed by atoms with Gasteiger partial charge in [-0.1, -0.05) is 6.07 Å². The van der Waals surface area contributed by atoms with Gasteiger partial charge in [0.15, 0.2) is 23.1 Å². The number of methoxy groups -OCH3 is 1. The van der Waals surface area contributed by atoms with E-state index in [4.69, 9.17) is 9.47 Å². The number of ether oxygens (including phenoxy) is 3. The minimum Gasteiger partial charge on any atom is -0.496 e. The molecule has 2 aromatic rings. The number of fused-ring (bicyclic) bond motifs is 2. The third-order valence-corrected chi connectivity index (χ3v) is 8.78. The third kappa shape index (κ3) is 6.68. The second-order valence-electron chi connectivity index (χ2n) is 11.4. The van der Waals surface area contributed by atoms with Crippen molar-refractivity contribution in [2.75, 3.05) is 12.4 Å². The standard InChI is InChI=1S/C30H31F5N2O7/c1-42-22-13-19(31)23(43-17-9-7-14(8-10-17)29(40)41)12-18(22)27(38)37-26-16-6-5-15(11-16)24(26)28(39)36-20-3-2-4-21(25(20)32)44-30(33,34)35/h2-4,12-17,24,26H,5-11H2,1H3,(H,36,39)(H,37,38)(H,40,41)/t14-,15-,16+,17+,24+,26-/m1/s1. The molecule has 2 bridgehead atoms. The summed E-state index contributed by atoms with van der Waals surface area (Å²) in [5, 5.41) is 14.4. The lowest BCUT2D eigenvalue weighted by Gasteiger charge is -2.31. The Kier molecular flexibility index (Phi) is 8.89. The lowest BCUT2D eigenvalue weighted by molar-refractivity contribution is -0.275. The lowest BCUT2D eigenvalue weighted by Crippen LogP contribution is -2.48. The van der Waals surface area contributed by atoms with E-state index >= 15 is 0 Å². The Bertz CT molecular complexity index is 1430. The fourth-order valence-electron chi connectivity index (χ4n) is 6.71. The first-order chi connectivity index (χ1) is 20.8. The first kappa shape index (κ1) is 31.3. The van der Waals surface area contributed by atoms with E-state index < -0.39 is 71.2 Å². The van der Waals surface area contributed by atoms with Crippen LogP contribution in [-0.4, -0.2) is 48.5 Å². The van der Waals surface area contributed by atoms with Gasteiger partial charge >= 0.3 is 12.3 Å². The van der Waals surface area contributed by atoms with Crippen molar-refractivity contribution in [3.05, 3.63) is 47.5 Å². The number of carbonyl (C=O) groups excluding carboxylic acids is 2. The number of amides is 2. The van der Waals surface area contributed by atoms with Crippen LogP contribution in [0.1, 0.15) is 55.3 Å². The first-order valence-electron chi connectivity index (χ1n) is 14.3. The van der Waals surface area contributed by atoms with Crippen LogP contribution < -0.4 is 24.8 Å². The van der Waals surface area contributed by atoms with Gasteiger partial charge in [-0.25, -0.2) is 8.78 Å². The highest BCUT2D eigenvalue weighted by Crippen LogP contribution is 2.49. The van der Waals surface area contributed by atoms with Crippen molar-refractivity contribution >= 4 is 23.5 Å². The van der Waals surface area contributed by atoms with Crippen molar-refractivity contribution in [1.29, 1.82) is 0 Å². The van der Waals surface area contributed by atoms with Crippen LogP contribution in [0.25, 0.3) is 0 Å². The normalized spacial score (nSPS) is 26.1. The van der Waals surface area contributed by atoms with Crippen molar-refractivity contribution in [3.63, 3.8) is 0 Å². The number of aliphatic carboxylic acids is 1. The molecule has 0 aliphatic heterocycles.